The molecular weight excluding hydrogens is 344 g/mol. The van der Waals surface area contributed by atoms with Crippen LogP contribution in [-0.4, -0.2) is 31.1 Å². The fourth-order valence-corrected chi connectivity index (χ4v) is 3.59. The van der Waals surface area contributed by atoms with Crippen LogP contribution in [0.3, 0.4) is 0 Å². The van der Waals surface area contributed by atoms with E-state index in [4.69, 9.17) is 9.47 Å². The number of fused-ring (bicyclic) bond motifs is 2. The molecule has 140 valence electrons. The Balaban J connectivity index is 1.40. The Kier molecular flexibility index (Phi) is 4.06. The van der Waals surface area contributed by atoms with Crippen LogP contribution in [-0.2, 0) is 22.4 Å². The number of nitrogens with one attached hydrogen (secondary N) is 1. The molecule has 2 aliphatic rings. The second-order valence-corrected chi connectivity index (χ2v) is 7.59. The van der Waals surface area contributed by atoms with E-state index >= 15 is 0 Å². The second kappa shape index (κ2) is 6.30. The fourth-order valence-electron chi connectivity index (χ4n) is 3.59. The van der Waals surface area contributed by atoms with Gasteiger partial charge in [0.15, 0.2) is 18.1 Å². The van der Waals surface area contributed by atoms with Gasteiger partial charge in [0.25, 0.3) is 5.91 Å². The first-order valence-corrected chi connectivity index (χ1v) is 8.95. The summed E-state index contributed by atoms with van der Waals surface area (Å²) in [6.45, 7) is 3.94. The summed E-state index contributed by atoms with van der Waals surface area (Å²) in [5.41, 5.74) is 3.28. The zero-order valence-electron chi connectivity index (χ0n) is 15.7. The third-order valence-corrected chi connectivity index (χ3v) is 4.85. The molecule has 2 aliphatic heterocycles. The van der Waals surface area contributed by atoms with Gasteiger partial charge in [0.1, 0.15) is 5.60 Å². The number of anilines is 2. The molecule has 2 amide bonds. The first kappa shape index (κ1) is 17.4. The van der Waals surface area contributed by atoms with Crippen LogP contribution >= 0.6 is 0 Å². The Morgan fingerprint density at radius 3 is 2.89 bits per heavy atom. The highest BCUT2D eigenvalue weighted by Gasteiger charge is 2.32. The second-order valence-electron chi connectivity index (χ2n) is 7.59. The molecule has 0 aromatic heterocycles. The summed E-state index contributed by atoms with van der Waals surface area (Å²) in [7, 11) is 1.75. The number of rotatable bonds is 4. The molecule has 0 unspecified atom stereocenters. The van der Waals surface area contributed by atoms with Crippen molar-refractivity contribution in [3.63, 3.8) is 0 Å². The van der Waals surface area contributed by atoms with Crippen LogP contribution in [0, 0.1) is 0 Å². The SMILES string of the molecule is CN1C(=O)Cc2cc(NC(=O)COc3cccc4c3OC(C)(C)C4)ccc21. The van der Waals surface area contributed by atoms with E-state index in [0.29, 0.717) is 17.9 Å². The molecule has 0 bridgehead atoms. The molecule has 27 heavy (non-hydrogen) atoms. The van der Waals surface area contributed by atoms with Gasteiger partial charge >= 0.3 is 0 Å². The smallest absolute Gasteiger partial charge is 0.262 e. The molecule has 0 aliphatic carbocycles. The summed E-state index contributed by atoms with van der Waals surface area (Å²) in [6, 6.07) is 11.2. The van der Waals surface area contributed by atoms with Gasteiger partial charge in [0.05, 0.1) is 6.42 Å². The van der Waals surface area contributed by atoms with E-state index < -0.39 is 0 Å². The molecule has 0 spiro atoms. The largest absolute Gasteiger partial charge is 0.483 e. The van der Waals surface area contributed by atoms with Crippen LogP contribution in [0.1, 0.15) is 25.0 Å². The van der Waals surface area contributed by atoms with Crippen LogP contribution in [0.25, 0.3) is 0 Å². The lowest BCUT2D eigenvalue weighted by atomic mass is 10.0. The van der Waals surface area contributed by atoms with Gasteiger partial charge in [-0.1, -0.05) is 12.1 Å². The summed E-state index contributed by atoms with van der Waals surface area (Å²) in [6.07, 6.45) is 1.17. The molecule has 0 saturated heterocycles. The lowest BCUT2D eigenvalue weighted by Crippen LogP contribution is -2.25. The van der Waals surface area contributed by atoms with Crippen molar-refractivity contribution < 1.29 is 19.1 Å². The minimum atomic E-state index is -0.265. The van der Waals surface area contributed by atoms with Gasteiger partial charge in [-0.05, 0) is 43.7 Å². The van der Waals surface area contributed by atoms with E-state index in [1.54, 1.807) is 18.0 Å². The molecule has 2 heterocycles. The lowest BCUT2D eigenvalue weighted by Gasteiger charge is -2.18. The van der Waals surface area contributed by atoms with Crippen molar-refractivity contribution in [1.82, 2.24) is 0 Å². The predicted molar refractivity (Wildman–Crippen MR) is 103 cm³/mol. The minimum Gasteiger partial charge on any atom is -0.483 e. The van der Waals surface area contributed by atoms with Gasteiger partial charge in [0.2, 0.25) is 5.91 Å². The van der Waals surface area contributed by atoms with Crippen molar-refractivity contribution in [1.29, 1.82) is 0 Å². The standard InChI is InChI=1S/C21H22N2O4/c1-21(2)11-13-5-4-6-17(20(13)27-21)26-12-18(24)22-15-7-8-16-14(9-15)10-19(25)23(16)3/h4-9H,10-12H2,1-3H3,(H,22,24). The van der Waals surface area contributed by atoms with Crippen molar-refractivity contribution in [3.05, 3.63) is 47.5 Å². The van der Waals surface area contributed by atoms with Crippen molar-refractivity contribution in [3.8, 4) is 11.5 Å². The number of para-hydroxylation sites is 1. The van der Waals surface area contributed by atoms with E-state index in [1.165, 1.54) is 0 Å². The Morgan fingerprint density at radius 1 is 1.26 bits per heavy atom. The van der Waals surface area contributed by atoms with Gasteiger partial charge in [-0.15, -0.1) is 0 Å². The molecule has 6 heteroatoms. The summed E-state index contributed by atoms with van der Waals surface area (Å²) >= 11 is 0. The van der Waals surface area contributed by atoms with Crippen molar-refractivity contribution in [2.45, 2.75) is 32.3 Å². The highest BCUT2D eigenvalue weighted by atomic mass is 16.5. The highest BCUT2D eigenvalue weighted by molar-refractivity contribution is 6.02. The van der Waals surface area contributed by atoms with Crippen LogP contribution in [0.4, 0.5) is 11.4 Å². The van der Waals surface area contributed by atoms with Gasteiger partial charge in [-0.2, -0.15) is 0 Å². The molecule has 2 aromatic rings. The van der Waals surface area contributed by atoms with E-state index in [0.717, 1.165) is 29.0 Å². The number of benzene rings is 2. The number of likely N-dealkylation sites (N-methyl/N-ethyl adjacent to an activating group) is 1. The number of carbonyl (C=O) groups excluding carboxylic acids is 2. The molecule has 0 radical (unpaired) electrons. The molecule has 1 N–H and O–H groups in total. The number of ether oxygens (including phenoxy) is 2. The average molecular weight is 366 g/mol. The maximum Gasteiger partial charge on any atom is 0.262 e. The minimum absolute atomic E-state index is 0.0534. The van der Waals surface area contributed by atoms with E-state index in [2.05, 4.69) is 5.32 Å². The van der Waals surface area contributed by atoms with Gasteiger partial charge in [0, 0.05) is 30.4 Å². The number of hydrogen-bond acceptors (Lipinski definition) is 4. The van der Waals surface area contributed by atoms with E-state index in [1.807, 2.05) is 44.2 Å². The molecule has 0 atom stereocenters. The zero-order chi connectivity index (χ0) is 19.2. The molecule has 0 fully saturated rings. The fraction of sp³-hybridized carbons (Fsp3) is 0.333. The van der Waals surface area contributed by atoms with Crippen molar-refractivity contribution in [2.24, 2.45) is 0 Å². The van der Waals surface area contributed by atoms with Crippen LogP contribution < -0.4 is 19.7 Å². The zero-order valence-corrected chi connectivity index (χ0v) is 15.7. The summed E-state index contributed by atoms with van der Waals surface area (Å²) < 4.78 is 11.7. The van der Waals surface area contributed by atoms with Crippen molar-refractivity contribution >= 4 is 23.2 Å². The highest BCUT2D eigenvalue weighted by Crippen LogP contribution is 2.41. The maximum atomic E-state index is 12.3. The van der Waals surface area contributed by atoms with Crippen LogP contribution in [0.5, 0.6) is 11.5 Å². The van der Waals surface area contributed by atoms with E-state index in [9.17, 15) is 9.59 Å². The van der Waals surface area contributed by atoms with Crippen LogP contribution in [0.15, 0.2) is 36.4 Å². The molecule has 2 aromatic carbocycles. The molecule has 4 rings (SSSR count). The monoisotopic (exact) mass is 366 g/mol. The third-order valence-electron chi connectivity index (χ3n) is 4.85. The number of hydrogen-bond donors (Lipinski definition) is 1. The first-order chi connectivity index (χ1) is 12.8. The number of amides is 2. The number of carbonyl (C=O) groups is 2. The summed E-state index contributed by atoms with van der Waals surface area (Å²) in [4.78, 5) is 25.7. The van der Waals surface area contributed by atoms with Gasteiger partial charge in [-0.3, -0.25) is 9.59 Å². The lowest BCUT2D eigenvalue weighted by molar-refractivity contribution is -0.118. The van der Waals surface area contributed by atoms with Crippen LogP contribution in [0.2, 0.25) is 0 Å². The first-order valence-electron chi connectivity index (χ1n) is 8.95. The summed E-state index contributed by atoms with van der Waals surface area (Å²) in [5.74, 6) is 1.09. The predicted octanol–water partition coefficient (Wildman–Crippen LogP) is 2.94. The number of nitrogens with zero attached hydrogens (tertiary/aromatic N) is 1. The van der Waals surface area contributed by atoms with Gasteiger partial charge < -0.3 is 19.7 Å². The normalized spacial score (nSPS) is 16.6. The Bertz CT molecular complexity index is 936. The Hall–Kier alpha value is -3.02. The average Bonchev–Trinajstić information content (AvgIpc) is 3.07. The Labute approximate surface area is 158 Å². The molecule has 6 nitrogen and oxygen atoms in total. The topological polar surface area (TPSA) is 67.9 Å². The third kappa shape index (κ3) is 3.35. The Morgan fingerprint density at radius 2 is 2.07 bits per heavy atom. The molecule has 0 saturated carbocycles. The van der Waals surface area contributed by atoms with Gasteiger partial charge in [-0.25, -0.2) is 0 Å². The quantitative estimate of drug-likeness (QED) is 0.903. The maximum absolute atomic E-state index is 12.3. The van der Waals surface area contributed by atoms with E-state index in [-0.39, 0.29) is 24.0 Å². The summed E-state index contributed by atoms with van der Waals surface area (Å²) in [5, 5.41) is 2.82. The molecular formula is C21H22N2O4. The van der Waals surface area contributed by atoms with Crippen molar-refractivity contribution in [2.75, 3.05) is 23.9 Å².